The number of aromatic nitrogens is 1. The van der Waals surface area contributed by atoms with Gasteiger partial charge in [-0.05, 0) is 29.8 Å². The molecule has 7 heteroatoms. The molecule has 1 atom stereocenters. The highest BCUT2D eigenvalue weighted by atomic mass is 32.2. The molecule has 1 aromatic heterocycles. The summed E-state index contributed by atoms with van der Waals surface area (Å²) in [6.07, 6.45) is 2.46. The molecule has 0 N–H and O–H groups in total. The van der Waals surface area contributed by atoms with Crippen LogP contribution < -0.4 is 9.47 Å². The molecule has 2 aromatic rings. The molecule has 0 saturated carbocycles. The van der Waals surface area contributed by atoms with Gasteiger partial charge in [-0.2, -0.15) is 0 Å². The number of thioether (sulfide) groups is 1. The fourth-order valence-electron chi connectivity index (χ4n) is 2.83. The summed E-state index contributed by atoms with van der Waals surface area (Å²) in [5.74, 6) is 0.999. The number of pyridine rings is 1. The van der Waals surface area contributed by atoms with Crippen molar-refractivity contribution in [3.63, 3.8) is 0 Å². The van der Waals surface area contributed by atoms with E-state index in [4.69, 9.17) is 9.47 Å². The van der Waals surface area contributed by atoms with E-state index in [1.54, 1.807) is 24.0 Å². The summed E-state index contributed by atoms with van der Waals surface area (Å²) in [6, 6.07) is 11.2. The summed E-state index contributed by atoms with van der Waals surface area (Å²) in [5.41, 5.74) is 1.90. The Hall–Kier alpha value is -2.54. The quantitative estimate of drug-likeness (QED) is 0.574. The third-order valence-electron chi connectivity index (χ3n) is 4.03. The molecule has 1 unspecified atom stereocenters. The molecule has 136 valence electrons. The number of hydrogen-bond acceptors (Lipinski definition) is 6. The Morgan fingerprint density at radius 3 is 2.85 bits per heavy atom. The second-order valence-corrected chi connectivity index (χ2v) is 6.89. The van der Waals surface area contributed by atoms with Crippen LogP contribution in [-0.4, -0.2) is 41.2 Å². The van der Waals surface area contributed by atoms with E-state index in [1.165, 1.54) is 14.0 Å². The summed E-state index contributed by atoms with van der Waals surface area (Å²) in [4.78, 5) is 29.7. The predicted octanol–water partition coefficient (Wildman–Crippen LogP) is 2.83. The average Bonchev–Trinajstić information content (AvgIpc) is 3.01. The standard InChI is InChI=1S/C19H20N2O4S/c1-13(22)25-16-7-6-14(11-17(16)24-2)19-21(18(23)12-26-19)10-8-15-5-3-4-9-20-15/h3-7,9,11,19H,8,10,12H2,1-2H3. The van der Waals surface area contributed by atoms with E-state index < -0.39 is 5.97 Å². The molecule has 0 radical (unpaired) electrons. The maximum atomic E-state index is 12.3. The van der Waals surface area contributed by atoms with Gasteiger partial charge in [0.1, 0.15) is 5.37 Å². The van der Waals surface area contributed by atoms with Gasteiger partial charge >= 0.3 is 5.97 Å². The topological polar surface area (TPSA) is 68.7 Å². The lowest BCUT2D eigenvalue weighted by Crippen LogP contribution is -2.30. The van der Waals surface area contributed by atoms with Gasteiger partial charge in [0.25, 0.3) is 0 Å². The summed E-state index contributed by atoms with van der Waals surface area (Å²) < 4.78 is 10.5. The van der Waals surface area contributed by atoms with Gasteiger partial charge in [-0.25, -0.2) is 0 Å². The molecule has 3 rings (SSSR count). The smallest absolute Gasteiger partial charge is 0.308 e. The number of methoxy groups -OCH3 is 1. The van der Waals surface area contributed by atoms with Crippen LogP contribution in [0.5, 0.6) is 11.5 Å². The Morgan fingerprint density at radius 1 is 1.31 bits per heavy atom. The average molecular weight is 372 g/mol. The van der Waals surface area contributed by atoms with Crippen LogP contribution >= 0.6 is 11.8 Å². The lowest BCUT2D eigenvalue weighted by molar-refractivity contribution is -0.132. The van der Waals surface area contributed by atoms with E-state index in [0.29, 0.717) is 30.2 Å². The first kappa shape index (κ1) is 18.3. The lowest BCUT2D eigenvalue weighted by atomic mass is 10.1. The zero-order valence-electron chi connectivity index (χ0n) is 14.7. The number of esters is 1. The number of nitrogens with zero attached hydrogens (tertiary/aromatic N) is 2. The van der Waals surface area contributed by atoms with Crippen LogP contribution in [0.1, 0.15) is 23.6 Å². The van der Waals surface area contributed by atoms with E-state index in [0.717, 1.165) is 11.3 Å². The van der Waals surface area contributed by atoms with Crippen LogP contribution in [0.3, 0.4) is 0 Å². The highest BCUT2D eigenvalue weighted by Crippen LogP contribution is 2.41. The third-order valence-corrected chi connectivity index (χ3v) is 5.29. The van der Waals surface area contributed by atoms with Gasteiger partial charge in [0.2, 0.25) is 5.91 Å². The third kappa shape index (κ3) is 4.16. The van der Waals surface area contributed by atoms with Crippen LogP contribution in [0.15, 0.2) is 42.6 Å². The van der Waals surface area contributed by atoms with Crippen molar-refractivity contribution in [1.29, 1.82) is 0 Å². The van der Waals surface area contributed by atoms with Crippen molar-refractivity contribution in [1.82, 2.24) is 9.88 Å². The van der Waals surface area contributed by atoms with Gasteiger partial charge < -0.3 is 14.4 Å². The van der Waals surface area contributed by atoms with Gasteiger partial charge in [-0.3, -0.25) is 14.6 Å². The van der Waals surface area contributed by atoms with Gasteiger partial charge in [-0.15, -0.1) is 11.8 Å². The summed E-state index contributed by atoms with van der Waals surface area (Å²) in [5, 5.41) is -0.0912. The Kier molecular flexibility index (Phi) is 5.78. The van der Waals surface area contributed by atoms with Crippen molar-refractivity contribution in [2.45, 2.75) is 18.7 Å². The van der Waals surface area contributed by atoms with E-state index in [2.05, 4.69) is 4.98 Å². The lowest BCUT2D eigenvalue weighted by Gasteiger charge is -2.24. The van der Waals surface area contributed by atoms with E-state index in [-0.39, 0.29) is 11.3 Å². The second-order valence-electron chi connectivity index (χ2n) is 5.83. The molecule has 1 saturated heterocycles. The number of amides is 1. The molecule has 0 bridgehead atoms. The van der Waals surface area contributed by atoms with Crippen LogP contribution in [0.25, 0.3) is 0 Å². The molecular formula is C19H20N2O4S. The molecule has 1 aromatic carbocycles. The minimum atomic E-state index is -0.404. The Balaban J connectivity index is 1.78. The molecular weight excluding hydrogens is 352 g/mol. The molecule has 26 heavy (non-hydrogen) atoms. The molecule has 6 nitrogen and oxygen atoms in total. The minimum Gasteiger partial charge on any atom is -0.493 e. The fraction of sp³-hybridized carbons (Fsp3) is 0.316. The number of carbonyl (C=O) groups excluding carboxylic acids is 2. The Morgan fingerprint density at radius 2 is 2.15 bits per heavy atom. The summed E-state index contributed by atoms with van der Waals surface area (Å²) >= 11 is 1.58. The molecule has 1 aliphatic heterocycles. The van der Waals surface area contributed by atoms with Gasteiger partial charge in [-0.1, -0.05) is 12.1 Å². The molecule has 1 fully saturated rings. The van der Waals surface area contributed by atoms with Crippen molar-refractivity contribution in [3.05, 3.63) is 53.9 Å². The molecule has 0 spiro atoms. The highest BCUT2D eigenvalue weighted by molar-refractivity contribution is 8.00. The predicted molar refractivity (Wildman–Crippen MR) is 99.2 cm³/mol. The zero-order chi connectivity index (χ0) is 18.5. The number of hydrogen-bond donors (Lipinski definition) is 0. The number of rotatable bonds is 6. The monoisotopic (exact) mass is 372 g/mol. The maximum Gasteiger partial charge on any atom is 0.308 e. The fourth-order valence-corrected chi connectivity index (χ4v) is 4.04. The van der Waals surface area contributed by atoms with Crippen molar-refractivity contribution < 1.29 is 19.1 Å². The van der Waals surface area contributed by atoms with E-state index in [9.17, 15) is 9.59 Å². The van der Waals surface area contributed by atoms with Crippen LogP contribution in [0.4, 0.5) is 0 Å². The van der Waals surface area contributed by atoms with Crippen molar-refractivity contribution in [2.75, 3.05) is 19.4 Å². The maximum absolute atomic E-state index is 12.3. The normalized spacial score (nSPS) is 16.6. The first-order valence-electron chi connectivity index (χ1n) is 8.26. The summed E-state index contributed by atoms with van der Waals surface area (Å²) in [6.45, 7) is 1.94. The Bertz CT molecular complexity index is 797. The highest BCUT2D eigenvalue weighted by Gasteiger charge is 2.33. The number of ether oxygens (including phenoxy) is 2. The van der Waals surface area contributed by atoms with Crippen molar-refractivity contribution in [2.24, 2.45) is 0 Å². The largest absolute Gasteiger partial charge is 0.493 e. The summed E-state index contributed by atoms with van der Waals surface area (Å²) in [7, 11) is 1.53. The van der Waals surface area contributed by atoms with E-state index in [1.807, 2.05) is 35.2 Å². The second kappa shape index (κ2) is 8.23. The van der Waals surface area contributed by atoms with Crippen LogP contribution in [0.2, 0.25) is 0 Å². The first-order chi connectivity index (χ1) is 12.6. The SMILES string of the molecule is COc1cc(C2SCC(=O)N2CCc2ccccn2)ccc1OC(C)=O. The van der Waals surface area contributed by atoms with Crippen molar-refractivity contribution >= 4 is 23.6 Å². The molecule has 1 amide bonds. The van der Waals surface area contributed by atoms with Crippen molar-refractivity contribution in [3.8, 4) is 11.5 Å². The minimum absolute atomic E-state index is 0.0912. The van der Waals surface area contributed by atoms with Crippen LogP contribution in [-0.2, 0) is 16.0 Å². The number of benzene rings is 1. The number of carbonyl (C=O) groups is 2. The molecule has 0 aliphatic carbocycles. The zero-order valence-corrected chi connectivity index (χ0v) is 15.5. The Labute approximate surface area is 156 Å². The first-order valence-corrected chi connectivity index (χ1v) is 9.30. The van der Waals surface area contributed by atoms with E-state index >= 15 is 0 Å². The van der Waals surface area contributed by atoms with Crippen LogP contribution in [0, 0.1) is 0 Å². The molecule has 2 heterocycles. The molecule has 1 aliphatic rings. The van der Waals surface area contributed by atoms with Gasteiger partial charge in [0.05, 0.1) is 12.9 Å². The van der Waals surface area contributed by atoms with Gasteiger partial charge in [0, 0.05) is 31.8 Å². The van der Waals surface area contributed by atoms with Gasteiger partial charge in [0.15, 0.2) is 11.5 Å².